The smallest absolute Gasteiger partial charge is 0.416 e. The number of urea groups is 1. The van der Waals surface area contributed by atoms with Crippen molar-refractivity contribution < 1.29 is 27.8 Å². The number of aliphatic hydroxyl groups excluding tert-OH is 1. The Morgan fingerprint density at radius 1 is 1.19 bits per heavy atom. The predicted molar refractivity (Wildman–Crippen MR) is 108 cm³/mol. The van der Waals surface area contributed by atoms with Crippen LogP contribution < -0.4 is 15.4 Å². The van der Waals surface area contributed by atoms with E-state index in [0.29, 0.717) is 5.69 Å². The molecule has 0 radical (unpaired) electrons. The lowest BCUT2D eigenvalue weighted by atomic mass is 10.2. The van der Waals surface area contributed by atoms with Crippen molar-refractivity contribution in [3.63, 3.8) is 0 Å². The fourth-order valence-electron chi connectivity index (χ4n) is 2.75. The number of anilines is 1. The van der Waals surface area contributed by atoms with E-state index in [9.17, 15) is 23.1 Å². The fourth-order valence-corrected chi connectivity index (χ4v) is 2.75. The Morgan fingerprint density at radius 2 is 1.97 bits per heavy atom. The van der Waals surface area contributed by atoms with Gasteiger partial charge >= 0.3 is 12.2 Å². The Hall–Kier alpha value is -3.53. The summed E-state index contributed by atoms with van der Waals surface area (Å²) in [6, 6.07) is 12.7. The Labute approximate surface area is 176 Å². The number of aryl methyl sites for hydroxylation is 1. The van der Waals surface area contributed by atoms with E-state index in [0.717, 1.165) is 23.5 Å². The van der Waals surface area contributed by atoms with E-state index < -0.39 is 23.9 Å². The van der Waals surface area contributed by atoms with Crippen LogP contribution in [0.1, 0.15) is 11.3 Å². The van der Waals surface area contributed by atoms with Crippen LogP contribution >= 0.6 is 0 Å². The molecule has 0 aliphatic rings. The van der Waals surface area contributed by atoms with Crippen molar-refractivity contribution in [1.82, 2.24) is 15.1 Å². The minimum Gasteiger partial charge on any atom is -0.491 e. The van der Waals surface area contributed by atoms with Crippen LogP contribution in [0.5, 0.6) is 5.75 Å². The number of halogens is 3. The first-order valence-corrected chi connectivity index (χ1v) is 9.36. The van der Waals surface area contributed by atoms with Crippen molar-refractivity contribution in [2.24, 2.45) is 0 Å². The summed E-state index contributed by atoms with van der Waals surface area (Å²) in [6.07, 6.45) is -3.92. The lowest BCUT2D eigenvalue weighted by molar-refractivity contribution is -0.137. The summed E-state index contributed by atoms with van der Waals surface area (Å²) in [4.78, 5) is 12.1. The average Bonchev–Trinajstić information content (AvgIpc) is 3.16. The summed E-state index contributed by atoms with van der Waals surface area (Å²) in [5.74, 6) is -0.0240. The Kier molecular flexibility index (Phi) is 6.81. The van der Waals surface area contributed by atoms with Gasteiger partial charge in [0.05, 0.1) is 11.3 Å². The van der Waals surface area contributed by atoms with E-state index in [4.69, 9.17) is 4.74 Å². The first kappa shape index (κ1) is 22.2. The van der Waals surface area contributed by atoms with Crippen LogP contribution in [0, 0.1) is 6.92 Å². The zero-order valence-electron chi connectivity index (χ0n) is 16.6. The normalized spacial score (nSPS) is 12.3. The molecule has 0 aliphatic carbocycles. The number of aliphatic hydroxyl groups is 1. The standard InChI is InChI=1S/C21H21F3N4O3/c1-14-8-9-26-28(14)17-6-3-5-16(11-17)27-20(30)25-12-18(29)13-31-19-7-2-4-15(10-19)21(22,23)24/h2-11,18,29H,12-13H2,1H3,(H2,25,27,30). The van der Waals surface area contributed by atoms with Crippen molar-refractivity contribution in [2.75, 3.05) is 18.5 Å². The summed E-state index contributed by atoms with van der Waals surface area (Å²) in [6.45, 7) is 1.47. The van der Waals surface area contributed by atoms with Gasteiger partial charge < -0.3 is 20.5 Å². The van der Waals surface area contributed by atoms with E-state index in [2.05, 4.69) is 15.7 Å². The maximum Gasteiger partial charge on any atom is 0.416 e. The highest BCUT2D eigenvalue weighted by Gasteiger charge is 2.30. The van der Waals surface area contributed by atoms with E-state index in [-0.39, 0.29) is 18.9 Å². The second-order valence-corrected chi connectivity index (χ2v) is 6.76. The van der Waals surface area contributed by atoms with E-state index in [1.54, 1.807) is 29.1 Å². The molecule has 7 nitrogen and oxygen atoms in total. The molecule has 1 aromatic heterocycles. The average molecular weight is 434 g/mol. The highest BCUT2D eigenvalue weighted by atomic mass is 19.4. The molecule has 3 rings (SSSR count). The van der Waals surface area contributed by atoms with Gasteiger partial charge in [0.15, 0.2) is 0 Å². The molecule has 164 valence electrons. The van der Waals surface area contributed by atoms with Crippen LogP contribution in [-0.4, -0.2) is 40.2 Å². The van der Waals surface area contributed by atoms with Gasteiger partial charge in [0, 0.05) is 24.1 Å². The van der Waals surface area contributed by atoms with Gasteiger partial charge in [0.2, 0.25) is 0 Å². The van der Waals surface area contributed by atoms with Crippen LogP contribution in [0.25, 0.3) is 5.69 Å². The number of nitrogens with zero attached hydrogens (tertiary/aromatic N) is 2. The van der Waals surface area contributed by atoms with Crippen LogP contribution in [0.3, 0.4) is 0 Å². The van der Waals surface area contributed by atoms with Gasteiger partial charge in [-0.1, -0.05) is 12.1 Å². The molecule has 0 saturated carbocycles. The Balaban J connectivity index is 1.47. The molecule has 31 heavy (non-hydrogen) atoms. The lowest BCUT2D eigenvalue weighted by Crippen LogP contribution is -2.37. The lowest BCUT2D eigenvalue weighted by Gasteiger charge is -2.15. The van der Waals surface area contributed by atoms with E-state index in [1.165, 1.54) is 12.1 Å². The molecule has 2 amide bonds. The zero-order chi connectivity index (χ0) is 22.4. The highest BCUT2D eigenvalue weighted by molar-refractivity contribution is 5.89. The number of rotatable bonds is 7. The summed E-state index contributed by atoms with van der Waals surface area (Å²) in [5, 5.41) is 19.3. The van der Waals surface area contributed by atoms with Crippen molar-refractivity contribution in [3.05, 3.63) is 72.1 Å². The predicted octanol–water partition coefficient (Wildman–Crippen LogP) is 3.76. The van der Waals surface area contributed by atoms with Gasteiger partial charge in [-0.05, 0) is 49.4 Å². The van der Waals surface area contributed by atoms with Gasteiger partial charge in [-0.15, -0.1) is 0 Å². The minimum absolute atomic E-state index is 0.0240. The molecule has 10 heteroatoms. The van der Waals surface area contributed by atoms with Gasteiger partial charge in [-0.2, -0.15) is 18.3 Å². The van der Waals surface area contributed by atoms with Crippen LogP contribution in [-0.2, 0) is 6.18 Å². The van der Waals surface area contributed by atoms with Crippen molar-refractivity contribution in [2.45, 2.75) is 19.2 Å². The fraction of sp³-hybridized carbons (Fsp3) is 0.238. The second kappa shape index (κ2) is 9.52. The number of carbonyl (C=O) groups excluding carboxylic acids is 1. The number of nitrogens with one attached hydrogen (secondary N) is 2. The van der Waals surface area contributed by atoms with E-state index >= 15 is 0 Å². The summed E-state index contributed by atoms with van der Waals surface area (Å²) in [5.41, 5.74) is 1.39. The molecule has 0 fully saturated rings. The minimum atomic E-state index is -4.48. The summed E-state index contributed by atoms with van der Waals surface area (Å²) < 4.78 is 45.1. The highest BCUT2D eigenvalue weighted by Crippen LogP contribution is 2.31. The number of alkyl halides is 3. The maximum absolute atomic E-state index is 12.7. The number of hydrogen-bond donors (Lipinski definition) is 3. The van der Waals surface area contributed by atoms with E-state index in [1.807, 2.05) is 19.1 Å². The molecule has 3 N–H and O–H groups in total. The van der Waals surface area contributed by atoms with Crippen molar-refractivity contribution in [1.29, 1.82) is 0 Å². The molecule has 0 spiro atoms. The molecule has 2 aromatic carbocycles. The first-order chi connectivity index (χ1) is 14.7. The Morgan fingerprint density at radius 3 is 2.68 bits per heavy atom. The number of carbonyl (C=O) groups is 1. The van der Waals surface area contributed by atoms with Gasteiger partial charge in [0.1, 0.15) is 18.5 Å². The van der Waals surface area contributed by atoms with Gasteiger partial charge in [-0.3, -0.25) is 0 Å². The van der Waals surface area contributed by atoms with Crippen LogP contribution in [0.15, 0.2) is 60.8 Å². The molecule has 3 aromatic rings. The Bertz CT molecular complexity index is 1040. The molecule has 0 aliphatic heterocycles. The quantitative estimate of drug-likeness (QED) is 0.528. The number of ether oxygens (including phenoxy) is 1. The van der Waals surface area contributed by atoms with Crippen molar-refractivity contribution in [3.8, 4) is 11.4 Å². The van der Waals surface area contributed by atoms with Gasteiger partial charge in [0.25, 0.3) is 0 Å². The third kappa shape index (κ3) is 6.22. The third-order valence-electron chi connectivity index (χ3n) is 4.28. The molecule has 0 saturated heterocycles. The molecule has 1 unspecified atom stereocenters. The molecular formula is C21H21F3N4O3. The molecular weight excluding hydrogens is 413 g/mol. The van der Waals surface area contributed by atoms with Crippen molar-refractivity contribution >= 4 is 11.7 Å². The monoisotopic (exact) mass is 434 g/mol. The summed E-state index contributed by atoms with van der Waals surface area (Å²) >= 11 is 0. The molecule has 1 atom stereocenters. The third-order valence-corrected chi connectivity index (χ3v) is 4.28. The summed E-state index contributed by atoms with van der Waals surface area (Å²) in [7, 11) is 0. The number of amides is 2. The van der Waals surface area contributed by atoms with Crippen LogP contribution in [0.2, 0.25) is 0 Å². The van der Waals surface area contributed by atoms with Crippen LogP contribution in [0.4, 0.5) is 23.7 Å². The second-order valence-electron chi connectivity index (χ2n) is 6.76. The van der Waals surface area contributed by atoms with Gasteiger partial charge in [-0.25, -0.2) is 9.48 Å². The topological polar surface area (TPSA) is 88.4 Å². The molecule has 1 heterocycles. The largest absolute Gasteiger partial charge is 0.491 e. The SMILES string of the molecule is Cc1ccnn1-c1cccc(NC(=O)NCC(O)COc2cccc(C(F)(F)F)c2)c1. The maximum atomic E-state index is 12.7. The first-order valence-electron chi connectivity index (χ1n) is 9.36. The number of hydrogen-bond acceptors (Lipinski definition) is 4. The number of benzene rings is 2. The zero-order valence-corrected chi connectivity index (χ0v) is 16.6. The molecule has 0 bridgehead atoms. The number of aromatic nitrogens is 2.